The monoisotopic (exact) mass is 524 g/mol. The number of pyridine rings is 1. The molecule has 0 amide bonds. The average Bonchev–Trinajstić information content (AvgIpc) is 3.60. The van der Waals surface area contributed by atoms with Crippen LogP contribution in [0, 0.1) is 0 Å². The van der Waals surface area contributed by atoms with Crippen LogP contribution in [0.3, 0.4) is 0 Å². The van der Waals surface area contributed by atoms with Gasteiger partial charge in [-0.1, -0.05) is 35.9 Å². The Bertz CT molecular complexity index is 1250. The Morgan fingerprint density at radius 2 is 1.92 bits per heavy atom. The van der Waals surface area contributed by atoms with Crippen molar-refractivity contribution in [3.8, 4) is 17.3 Å². The second-order valence-corrected chi connectivity index (χ2v) is 9.92. The lowest BCUT2D eigenvalue weighted by Crippen LogP contribution is -2.34. The maximum absolute atomic E-state index is 12.7. The van der Waals surface area contributed by atoms with Crippen molar-refractivity contribution >= 4 is 22.8 Å². The van der Waals surface area contributed by atoms with Crippen LogP contribution in [0.5, 0.6) is 6.01 Å². The van der Waals surface area contributed by atoms with E-state index in [0.29, 0.717) is 41.4 Å². The zero-order valence-electron chi connectivity index (χ0n) is 19.0. The fraction of sp³-hybridized carbons (Fsp3) is 0.500. The number of aromatic nitrogens is 3. The second-order valence-electron chi connectivity index (χ2n) is 9.51. The molecule has 3 aliphatic heterocycles. The zero-order valence-corrected chi connectivity index (χ0v) is 19.8. The lowest BCUT2D eigenvalue weighted by atomic mass is 9.96. The highest BCUT2D eigenvalue weighted by atomic mass is 35.5. The summed E-state index contributed by atoms with van der Waals surface area (Å²) in [6.07, 6.45) is -5.33. The number of nitrogens with one attached hydrogen (secondary N) is 1. The summed E-state index contributed by atoms with van der Waals surface area (Å²) in [7, 11) is 0. The van der Waals surface area contributed by atoms with Crippen LogP contribution in [0.25, 0.3) is 22.4 Å². The van der Waals surface area contributed by atoms with Gasteiger partial charge in [0.25, 0.3) is 6.01 Å². The Hall–Kier alpha value is -2.44. The van der Waals surface area contributed by atoms with E-state index in [-0.39, 0.29) is 31.2 Å². The number of nitrogens with zero attached hydrogens (tertiary/aromatic N) is 3. The Morgan fingerprint density at radius 3 is 2.69 bits per heavy atom. The number of likely N-dealkylation sites (tertiary alicyclic amines) is 1. The fourth-order valence-corrected chi connectivity index (χ4v) is 5.52. The maximum atomic E-state index is 12.7. The number of ether oxygens (including phenoxy) is 3. The quantitative estimate of drug-likeness (QED) is 0.527. The number of aliphatic hydroxyl groups excluding tert-OH is 1. The standard InChI is InChI=1S/C24H24ClF3N4O4/c25-15-7-16-22(31-23(29-16)36-18-10-35-20-17(33)9-34-21(18)20)30-19(15)13-3-1-12(2-4-13)14-5-6-32(8-14)11-24(26,27)28/h1-4,7,14,17-18,20-21,33H,5-6,8-11H2,(H,29,30,31)/t14?,17-,18-,20-,21-/m1/s1. The number of rotatable bonds is 5. The Kier molecular flexibility index (Phi) is 6.08. The molecular weight excluding hydrogens is 501 g/mol. The first-order chi connectivity index (χ1) is 17.2. The highest BCUT2D eigenvalue weighted by molar-refractivity contribution is 6.33. The van der Waals surface area contributed by atoms with Gasteiger partial charge in [0.15, 0.2) is 11.8 Å². The third kappa shape index (κ3) is 4.66. The molecule has 2 aromatic heterocycles. The summed E-state index contributed by atoms with van der Waals surface area (Å²) in [5, 5.41) is 10.3. The minimum atomic E-state index is -4.18. The van der Waals surface area contributed by atoms with Gasteiger partial charge in [0.2, 0.25) is 0 Å². The molecule has 1 unspecified atom stereocenters. The number of fused-ring (bicyclic) bond motifs is 2. The third-order valence-corrected chi connectivity index (χ3v) is 7.27. The molecule has 2 N–H and O–H groups in total. The molecule has 192 valence electrons. The summed E-state index contributed by atoms with van der Waals surface area (Å²) in [4.78, 5) is 13.6. The zero-order chi connectivity index (χ0) is 25.0. The molecule has 1 aromatic carbocycles. The highest BCUT2D eigenvalue weighted by Gasteiger charge is 2.48. The van der Waals surface area contributed by atoms with E-state index in [9.17, 15) is 18.3 Å². The van der Waals surface area contributed by atoms with Gasteiger partial charge in [-0.15, -0.1) is 0 Å². The molecule has 0 aliphatic carbocycles. The molecule has 5 atom stereocenters. The number of H-pyrrole nitrogens is 1. The van der Waals surface area contributed by atoms with Gasteiger partial charge in [0, 0.05) is 12.1 Å². The molecule has 12 heteroatoms. The number of aromatic amines is 1. The van der Waals surface area contributed by atoms with Crippen LogP contribution >= 0.6 is 11.6 Å². The van der Waals surface area contributed by atoms with E-state index in [1.54, 1.807) is 6.07 Å². The van der Waals surface area contributed by atoms with Gasteiger partial charge in [-0.2, -0.15) is 18.2 Å². The number of aliphatic hydroxyl groups is 1. The van der Waals surface area contributed by atoms with Gasteiger partial charge >= 0.3 is 6.18 Å². The van der Waals surface area contributed by atoms with E-state index in [2.05, 4.69) is 15.0 Å². The molecule has 3 saturated heterocycles. The van der Waals surface area contributed by atoms with Crippen LogP contribution in [0.2, 0.25) is 5.02 Å². The van der Waals surface area contributed by atoms with Gasteiger partial charge in [-0.05, 0) is 30.5 Å². The third-order valence-electron chi connectivity index (χ3n) is 6.98. The minimum absolute atomic E-state index is 0.0579. The van der Waals surface area contributed by atoms with Crippen LogP contribution in [0.4, 0.5) is 13.2 Å². The molecule has 0 saturated carbocycles. The molecule has 6 rings (SSSR count). The summed E-state index contributed by atoms with van der Waals surface area (Å²) >= 11 is 6.52. The first kappa shape index (κ1) is 23.9. The Morgan fingerprint density at radius 1 is 1.14 bits per heavy atom. The maximum Gasteiger partial charge on any atom is 0.401 e. The van der Waals surface area contributed by atoms with Crippen LogP contribution in [0.15, 0.2) is 30.3 Å². The number of imidazole rings is 1. The molecule has 36 heavy (non-hydrogen) atoms. The Labute approximate surface area is 209 Å². The summed E-state index contributed by atoms with van der Waals surface area (Å²) in [6, 6.07) is 9.58. The van der Waals surface area contributed by atoms with Crippen molar-refractivity contribution in [2.45, 2.75) is 42.9 Å². The summed E-state index contributed by atoms with van der Waals surface area (Å²) < 4.78 is 55.2. The molecule has 3 aliphatic rings. The first-order valence-electron chi connectivity index (χ1n) is 11.8. The molecule has 5 heterocycles. The average molecular weight is 525 g/mol. The highest BCUT2D eigenvalue weighted by Crippen LogP contribution is 2.34. The van der Waals surface area contributed by atoms with Crippen LogP contribution in [0.1, 0.15) is 17.9 Å². The Balaban J connectivity index is 1.17. The topological polar surface area (TPSA) is 92.7 Å². The van der Waals surface area contributed by atoms with Gasteiger partial charge < -0.3 is 24.3 Å². The number of hydrogen-bond donors (Lipinski definition) is 2. The van der Waals surface area contributed by atoms with Crippen molar-refractivity contribution in [3.63, 3.8) is 0 Å². The summed E-state index contributed by atoms with van der Waals surface area (Å²) in [5.74, 6) is 0.0579. The van der Waals surface area contributed by atoms with Gasteiger partial charge in [-0.3, -0.25) is 4.90 Å². The van der Waals surface area contributed by atoms with Gasteiger partial charge in [-0.25, -0.2) is 4.98 Å². The molecule has 8 nitrogen and oxygen atoms in total. The fourth-order valence-electron chi connectivity index (χ4n) is 5.26. The van der Waals surface area contributed by atoms with Crippen LogP contribution in [-0.2, 0) is 9.47 Å². The number of hydrogen-bond acceptors (Lipinski definition) is 7. The summed E-state index contributed by atoms with van der Waals surface area (Å²) in [5.41, 5.74) is 3.35. The molecular formula is C24H24ClF3N4O4. The smallest absolute Gasteiger partial charge is 0.401 e. The normalized spacial score (nSPS) is 28.8. The van der Waals surface area contributed by atoms with E-state index < -0.39 is 31.0 Å². The van der Waals surface area contributed by atoms with Crippen molar-refractivity contribution in [1.82, 2.24) is 19.9 Å². The number of halogens is 4. The van der Waals surface area contributed by atoms with Crippen molar-refractivity contribution in [2.75, 3.05) is 32.8 Å². The van der Waals surface area contributed by atoms with Crippen molar-refractivity contribution in [3.05, 3.63) is 40.9 Å². The number of alkyl halides is 3. The van der Waals surface area contributed by atoms with Crippen LogP contribution < -0.4 is 4.74 Å². The van der Waals surface area contributed by atoms with Crippen molar-refractivity contribution < 1.29 is 32.5 Å². The predicted molar refractivity (Wildman–Crippen MR) is 124 cm³/mol. The van der Waals surface area contributed by atoms with E-state index in [0.717, 1.165) is 11.1 Å². The van der Waals surface area contributed by atoms with E-state index in [1.165, 1.54) is 4.90 Å². The first-order valence-corrected chi connectivity index (χ1v) is 12.1. The molecule has 0 radical (unpaired) electrons. The minimum Gasteiger partial charge on any atom is -0.456 e. The SMILES string of the molecule is O[C@@H]1CO[C@H]2[C@@H]1OC[C@H]2Oc1nc2nc(-c3ccc(C4CCN(CC(F)(F)F)C4)cc3)c(Cl)cc2[nH]1. The van der Waals surface area contributed by atoms with Crippen molar-refractivity contribution in [2.24, 2.45) is 0 Å². The largest absolute Gasteiger partial charge is 0.456 e. The predicted octanol–water partition coefficient (Wildman–Crippen LogP) is 3.54. The molecule has 3 aromatic rings. The van der Waals surface area contributed by atoms with E-state index in [1.807, 2.05) is 24.3 Å². The molecule has 0 spiro atoms. The van der Waals surface area contributed by atoms with Gasteiger partial charge in [0.1, 0.15) is 18.3 Å². The number of benzene rings is 1. The van der Waals surface area contributed by atoms with Crippen molar-refractivity contribution in [1.29, 1.82) is 0 Å². The lowest BCUT2D eigenvalue weighted by molar-refractivity contribution is -0.143. The summed E-state index contributed by atoms with van der Waals surface area (Å²) in [6.45, 7) is 0.435. The van der Waals surface area contributed by atoms with Crippen LogP contribution in [-0.4, -0.2) is 88.4 Å². The van der Waals surface area contributed by atoms with E-state index >= 15 is 0 Å². The van der Waals surface area contributed by atoms with E-state index in [4.69, 9.17) is 25.8 Å². The van der Waals surface area contributed by atoms with Gasteiger partial charge in [0.05, 0.1) is 36.0 Å². The second kappa shape index (κ2) is 9.14. The lowest BCUT2D eigenvalue weighted by Gasteiger charge is -2.18. The molecule has 0 bridgehead atoms. The molecule has 3 fully saturated rings.